The molecule has 0 atom stereocenters. The van der Waals surface area contributed by atoms with E-state index in [-0.39, 0.29) is 19.0 Å². The summed E-state index contributed by atoms with van der Waals surface area (Å²) in [5, 5.41) is 0.267. The zero-order valence-corrected chi connectivity index (χ0v) is 12.7. The predicted molar refractivity (Wildman–Crippen MR) is 75.6 cm³/mol. The number of benzene rings is 1. The van der Waals surface area contributed by atoms with Gasteiger partial charge in [0.05, 0.1) is 16.4 Å². The Morgan fingerprint density at radius 2 is 1.70 bits per heavy atom. The molecule has 2 rings (SSSR count). The Balaban J connectivity index is 2.59. The molecule has 0 aliphatic heterocycles. The van der Waals surface area contributed by atoms with E-state index < -0.39 is 19.7 Å². The van der Waals surface area contributed by atoms with Crippen LogP contribution in [-0.4, -0.2) is 23.1 Å². The highest BCUT2D eigenvalue weighted by Crippen LogP contribution is 2.32. The van der Waals surface area contributed by atoms with Crippen molar-refractivity contribution >= 4 is 36.0 Å². The molecule has 0 N–H and O–H groups in total. The minimum atomic E-state index is -3.80. The van der Waals surface area contributed by atoms with E-state index in [9.17, 15) is 16.8 Å². The molecular weight excluding hydrogens is 318 g/mol. The van der Waals surface area contributed by atoms with Crippen molar-refractivity contribution in [3.63, 3.8) is 0 Å². The van der Waals surface area contributed by atoms with Gasteiger partial charge < -0.3 is 0 Å². The summed E-state index contributed by atoms with van der Waals surface area (Å²) in [6.45, 7) is 6.84. The van der Waals surface area contributed by atoms with Crippen LogP contribution < -0.4 is 0 Å². The van der Waals surface area contributed by atoms with Gasteiger partial charge in [0, 0.05) is 6.26 Å². The van der Waals surface area contributed by atoms with Crippen LogP contribution in [0.15, 0.2) is 50.4 Å². The van der Waals surface area contributed by atoms with Gasteiger partial charge in [-0.2, -0.15) is 0 Å². The fourth-order valence-electron chi connectivity index (χ4n) is 1.50. The third kappa shape index (κ3) is 2.75. The largest absolute Gasteiger partial charge is 0.242 e. The van der Waals surface area contributed by atoms with E-state index in [0.29, 0.717) is 0 Å². The molecule has 0 unspecified atom stereocenters. The molecule has 0 bridgehead atoms. The molecular formula is C12H9NO4S3. The summed E-state index contributed by atoms with van der Waals surface area (Å²) in [6, 6.07) is 7.95. The van der Waals surface area contributed by atoms with Crippen molar-refractivity contribution in [2.45, 2.75) is 14.0 Å². The number of thiophene rings is 1. The van der Waals surface area contributed by atoms with Gasteiger partial charge in [0.15, 0.2) is 9.84 Å². The highest BCUT2D eigenvalue weighted by molar-refractivity contribution is 7.93. The molecule has 0 fully saturated rings. The molecule has 2 aromatic rings. The Morgan fingerprint density at radius 3 is 2.25 bits per heavy atom. The summed E-state index contributed by atoms with van der Waals surface area (Å²) < 4.78 is 47.7. The van der Waals surface area contributed by atoms with E-state index in [1.165, 1.54) is 30.3 Å². The molecule has 20 heavy (non-hydrogen) atoms. The van der Waals surface area contributed by atoms with Gasteiger partial charge >= 0.3 is 0 Å². The summed E-state index contributed by atoms with van der Waals surface area (Å²) in [4.78, 5) is 3.01. The fourth-order valence-corrected chi connectivity index (χ4v) is 4.77. The highest BCUT2D eigenvalue weighted by atomic mass is 32.2. The summed E-state index contributed by atoms with van der Waals surface area (Å²) in [6.07, 6.45) is 1.01. The maximum atomic E-state index is 12.4. The molecule has 0 radical (unpaired) electrons. The van der Waals surface area contributed by atoms with Crippen LogP contribution in [0.2, 0.25) is 0 Å². The summed E-state index contributed by atoms with van der Waals surface area (Å²) in [7, 11) is -7.28. The van der Waals surface area contributed by atoms with E-state index >= 15 is 0 Å². The number of sulfone groups is 2. The fraction of sp³-hybridized carbons (Fsp3) is 0.0833. The van der Waals surface area contributed by atoms with Crippen LogP contribution in [0.5, 0.6) is 0 Å². The van der Waals surface area contributed by atoms with E-state index in [1.807, 2.05) is 0 Å². The SMILES string of the molecule is [C-]#[N+]c1ccc(S(=O)(=O)c2cccc(S(C)(=O)=O)c2)s1. The van der Waals surface area contributed by atoms with E-state index in [4.69, 9.17) is 6.57 Å². The molecule has 0 aliphatic rings. The molecule has 0 saturated carbocycles. The quantitative estimate of drug-likeness (QED) is 0.812. The number of nitrogens with zero attached hydrogens (tertiary/aromatic N) is 1. The minimum Gasteiger partial charge on any atom is -0.227 e. The molecule has 0 spiro atoms. The van der Waals surface area contributed by atoms with Crippen molar-refractivity contribution in [1.29, 1.82) is 0 Å². The smallest absolute Gasteiger partial charge is 0.227 e. The van der Waals surface area contributed by atoms with E-state index in [1.54, 1.807) is 0 Å². The molecule has 5 nitrogen and oxygen atoms in total. The summed E-state index contributed by atoms with van der Waals surface area (Å²) in [5.41, 5.74) is 0. The van der Waals surface area contributed by atoms with Crippen LogP contribution in [0.3, 0.4) is 0 Å². The van der Waals surface area contributed by atoms with Gasteiger partial charge in [-0.1, -0.05) is 6.07 Å². The molecule has 1 aromatic heterocycles. The topological polar surface area (TPSA) is 72.6 Å². The Bertz CT molecular complexity index is 902. The third-order valence-electron chi connectivity index (χ3n) is 2.49. The molecule has 104 valence electrons. The van der Waals surface area contributed by atoms with Crippen molar-refractivity contribution in [2.24, 2.45) is 0 Å². The van der Waals surface area contributed by atoms with Crippen LogP contribution in [0.25, 0.3) is 4.85 Å². The summed E-state index contributed by atoms with van der Waals surface area (Å²) >= 11 is 0.856. The average molecular weight is 327 g/mol. The highest BCUT2D eigenvalue weighted by Gasteiger charge is 2.21. The Morgan fingerprint density at radius 1 is 1.05 bits per heavy atom. The number of hydrogen-bond acceptors (Lipinski definition) is 5. The van der Waals surface area contributed by atoms with Crippen LogP contribution in [0, 0.1) is 6.57 Å². The molecule has 0 amide bonds. The Hall–Kier alpha value is -1.69. The van der Waals surface area contributed by atoms with Crippen LogP contribution in [0.1, 0.15) is 0 Å². The van der Waals surface area contributed by atoms with Crippen molar-refractivity contribution in [2.75, 3.05) is 6.26 Å². The normalized spacial score (nSPS) is 12.0. The lowest BCUT2D eigenvalue weighted by molar-refractivity contribution is 0.597. The lowest BCUT2D eigenvalue weighted by atomic mass is 10.4. The van der Waals surface area contributed by atoms with E-state index in [2.05, 4.69) is 4.85 Å². The standard InChI is InChI=1S/C12H9NO4S3/c1-13-11-6-7-12(18-11)20(16,17)10-5-3-4-9(8-10)19(2,14)15/h3-8H,2H3. The van der Waals surface area contributed by atoms with Crippen LogP contribution >= 0.6 is 11.3 Å². The molecule has 1 heterocycles. The van der Waals surface area contributed by atoms with Crippen molar-refractivity contribution in [3.05, 3.63) is 47.8 Å². The zero-order valence-electron chi connectivity index (χ0n) is 10.3. The first-order valence-corrected chi connectivity index (χ1v) is 9.47. The Kier molecular flexibility index (Phi) is 3.69. The molecule has 1 aromatic carbocycles. The number of hydrogen-bond donors (Lipinski definition) is 0. The monoisotopic (exact) mass is 327 g/mol. The van der Waals surface area contributed by atoms with Crippen LogP contribution in [-0.2, 0) is 19.7 Å². The first-order valence-electron chi connectivity index (χ1n) is 5.27. The third-order valence-corrected chi connectivity index (χ3v) is 6.82. The van der Waals surface area contributed by atoms with Gasteiger partial charge in [0.25, 0.3) is 0 Å². The van der Waals surface area contributed by atoms with Crippen molar-refractivity contribution < 1.29 is 16.8 Å². The second-order valence-corrected chi connectivity index (χ2v) is 9.21. The van der Waals surface area contributed by atoms with Gasteiger partial charge in [0.2, 0.25) is 14.8 Å². The maximum Gasteiger partial charge on any atom is 0.242 e. The summed E-state index contributed by atoms with van der Waals surface area (Å²) in [5.74, 6) is 0. The first kappa shape index (κ1) is 14.7. The lowest BCUT2D eigenvalue weighted by Gasteiger charge is -2.04. The molecule has 0 saturated heterocycles. The number of rotatable bonds is 3. The second-order valence-electron chi connectivity index (χ2n) is 3.95. The molecule has 0 aliphatic carbocycles. The lowest BCUT2D eigenvalue weighted by Crippen LogP contribution is -2.03. The van der Waals surface area contributed by atoms with Gasteiger partial charge in [-0.05, 0) is 30.3 Å². The van der Waals surface area contributed by atoms with Gasteiger partial charge in [-0.3, -0.25) is 0 Å². The van der Waals surface area contributed by atoms with Crippen molar-refractivity contribution in [1.82, 2.24) is 0 Å². The minimum absolute atomic E-state index is 0.0224. The zero-order chi connectivity index (χ0) is 15.0. The predicted octanol–water partition coefficient (Wildman–Crippen LogP) is 2.54. The van der Waals surface area contributed by atoms with Gasteiger partial charge in [-0.15, -0.1) is 11.3 Å². The van der Waals surface area contributed by atoms with E-state index in [0.717, 1.165) is 23.7 Å². The Labute approximate surface area is 121 Å². The second kappa shape index (κ2) is 5.01. The van der Waals surface area contributed by atoms with Crippen molar-refractivity contribution in [3.8, 4) is 0 Å². The molecule has 8 heteroatoms. The first-order chi connectivity index (χ1) is 9.25. The van der Waals surface area contributed by atoms with Crippen LogP contribution in [0.4, 0.5) is 5.00 Å². The maximum absolute atomic E-state index is 12.4. The average Bonchev–Trinajstić information content (AvgIpc) is 2.87. The van der Waals surface area contributed by atoms with Gasteiger partial charge in [0.1, 0.15) is 4.21 Å². The van der Waals surface area contributed by atoms with Gasteiger partial charge in [-0.25, -0.2) is 21.7 Å².